The molecule has 1 amide bonds. The van der Waals surface area contributed by atoms with Crippen molar-refractivity contribution in [3.63, 3.8) is 0 Å². The number of fused-ring (bicyclic) bond motifs is 1. The normalized spacial score (nSPS) is 21.3. The lowest BCUT2D eigenvalue weighted by molar-refractivity contribution is -0.385. The minimum absolute atomic E-state index is 0.0986. The van der Waals surface area contributed by atoms with Crippen molar-refractivity contribution in [2.24, 2.45) is 0 Å². The van der Waals surface area contributed by atoms with Crippen LogP contribution in [0, 0.1) is 10.1 Å². The molecule has 0 aliphatic carbocycles. The highest BCUT2D eigenvalue weighted by molar-refractivity contribution is 8.06. The highest BCUT2D eigenvalue weighted by atomic mass is 32.2. The predicted octanol–water partition coefficient (Wildman–Crippen LogP) is 3.11. The number of hydrogen-bond donors (Lipinski definition) is 0. The van der Waals surface area contributed by atoms with Crippen molar-refractivity contribution in [2.45, 2.75) is 24.5 Å². The molecule has 2 heterocycles. The van der Waals surface area contributed by atoms with E-state index < -0.39 is 0 Å². The fourth-order valence-corrected chi connectivity index (χ4v) is 5.67. The molecule has 0 spiro atoms. The Kier molecular flexibility index (Phi) is 4.93. The number of amides is 1. The summed E-state index contributed by atoms with van der Waals surface area (Å²) in [5.41, 5.74) is 1.58. The lowest BCUT2D eigenvalue weighted by atomic mass is 9.99. The van der Waals surface area contributed by atoms with E-state index in [1.165, 1.54) is 6.07 Å². The summed E-state index contributed by atoms with van der Waals surface area (Å²) < 4.78 is 0. The van der Waals surface area contributed by atoms with Crippen molar-refractivity contribution in [3.8, 4) is 0 Å². The van der Waals surface area contributed by atoms with Crippen LogP contribution in [-0.2, 0) is 11.2 Å². The maximum atomic E-state index is 12.6. The van der Waals surface area contributed by atoms with E-state index in [0.717, 1.165) is 29.4 Å². The Morgan fingerprint density at radius 2 is 2.27 bits per heavy atom. The number of benzene rings is 1. The number of carbonyl (C=O) groups is 1. The van der Waals surface area contributed by atoms with Gasteiger partial charge in [0.2, 0.25) is 5.91 Å². The number of thioether (sulfide) groups is 2. The molecule has 2 aliphatic rings. The summed E-state index contributed by atoms with van der Waals surface area (Å²) in [6.07, 6.45) is 1.99. The molecule has 0 radical (unpaired) electrons. The molecule has 22 heavy (non-hydrogen) atoms. The monoisotopic (exact) mass is 338 g/mol. The van der Waals surface area contributed by atoms with Gasteiger partial charge in [-0.15, -0.1) is 0 Å². The van der Waals surface area contributed by atoms with E-state index >= 15 is 0 Å². The van der Waals surface area contributed by atoms with Gasteiger partial charge in [0.05, 0.1) is 16.2 Å². The van der Waals surface area contributed by atoms with Crippen LogP contribution in [0.5, 0.6) is 0 Å². The highest BCUT2D eigenvalue weighted by Crippen LogP contribution is 2.35. The molecule has 5 nitrogen and oxygen atoms in total. The second kappa shape index (κ2) is 6.91. The van der Waals surface area contributed by atoms with Gasteiger partial charge >= 0.3 is 0 Å². The molecular formula is C15H18N2O3S2. The molecule has 1 atom stereocenters. The minimum Gasteiger partial charge on any atom is -0.312 e. The maximum Gasteiger partial charge on any atom is 0.274 e. The SMILES string of the molecule is O=C(C[C@H]1CSCCS1)N1CCCc2c1cccc2[N+](=O)[O-]. The van der Waals surface area contributed by atoms with Crippen molar-refractivity contribution in [1.82, 2.24) is 0 Å². The Morgan fingerprint density at radius 3 is 3.00 bits per heavy atom. The molecule has 0 unspecified atom stereocenters. The Morgan fingerprint density at radius 1 is 1.41 bits per heavy atom. The third-order valence-electron chi connectivity index (χ3n) is 4.01. The van der Waals surface area contributed by atoms with Gasteiger partial charge in [-0.1, -0.05) is 6.07 Å². The zero-order valence-electron chi connectivity index (χ0n) is 12.2. The van der Waals surface area contributed by atoms with Crippen LogP contribution >= 0.6 is 23.5 Å². The van der Waals surface area contributed by atoms with Crippen LogP contribution in [0.15, 0.2) is 18.2 Å². The second-order valence-electron chi connectivity index (χ2n) is 5.45. The summed E-state index contributed by atoms with van der Waals surface area (Å²) in [7, 11) is 0. The van der Waals surface area contributed by atoms with Crippen molar-refractivity contribution in [3.05, 3.63) is 33.9 Å². The van der Waals surface area contributed by atoms with Gasteiger partial charge in [-0.3, -0.25) is 14.9 Å². The molecule has 0 N–H and O–H groups in total. The molecule has 0 aromatic heterocycles. The number of nitro groups is 1. The summed E-state index contributed by atoms with van der Waals surface area (Å²) in [6.45, 7) is 0.664. The molecule has 0 saturated carbocycles. The minimum atomic E-state index is -0.347. The lowest BCUT2D eigenvalue weighted by Gasteiger charge is -2.31. The number of rotatable bonds is 3. The molecule has 1 aromatic rings. The average Bonchev–Trinajstić information content (AvgIpc) is 2.54. The maximum absolute atomic E-state index is 12.6. The molecule has 1 saturated heterocycles. The second-order valence-corrected chi connectivity index (χ2v) is 8.01. The van der Waals surface area contributed by atoms with Gasteiger partial charge in [0.1, 0.15) is 0 Å². The summed E-state index contributed by atoms with van der Waals surface area (Å²) >= 11 is 3.77. The van der Waals surface area contributed by atoms with E-state index in [9.17, 15) is 14.9 Å². The Bertz CT molecular complexity index is 588. The molecule has 0 bridgehead atoms. The van der Waals surface area contributed by atoms with Crippen LogP contribution in [-0.4, -0.2) is 39.9 Å². The largest absolute Gasteiger partial charge is 0.312 e. The third kappa shape index (κ3) is 3.25. The Balaban J connectivity index is 1.80. The quantitative estimate of drug-likeness (QED) is 0.626. The summed E-state index contributed by atoms with van der Waals surface area (Å²) in [5, 5.41) is 11.5. The number of carbonyl (C=O) groups excluding carboxylic acids is 1. The zero-order valence-corrected chi connectivity index (χ0v) is 13.8. The van der Waals surface area contributed by atoms with Crippen molar-refractivity contribution in [1.29, 1.82) is 0 Å². The van der Waals surface area contributed by atoms with Crippen LogP contribution in [0.2, 0.25) is 0 Å². The van der Waals surface area contributed by atoms with Crippen molar-refractivity contribution >= 4 is 40.8 Å². The van der Waals surface area contributed by atoms with E-state index in [1.54, 1.807) is 11.0 Å². The van der Waals surface area contributed by atoms with Gasteiger partial charge in [0.25, 0.3) is 5.69 Å². The van der Waals surface area contributed by atoms with E-state index in [0.29, 0.717) is 30.2 Å². The van der Waals surface area contributed by atoms with Gasteiger partial charge in [-0.25, -0.2) is 0 Å². The first kappa shape index (κ1) is 15.7. The van der Waals surface area contributed by atoms with E-state index in [1.807, 2.05) is 29.6 Å². The standard InChI is InChI=1S/C15H18N2O3S2/c18-15(9-11-10-21-7-8-22-11)16-6-2-3-12-13(16)4-1-5-14(12)17(19)20/h1,4-5,11H,2-3,6-10H2/t11-/m0/s1. The van der Waals surface area contributed by atoms with E-state index in [4.69, 9.17) is 0 Å². The van der Waals surface area contributed by atoms with Crippen LogP contribution in [0.25, 0.3) is 0 Å². The molecule has 7 heteroatoms. The van der Waals surface area contributed by atoms with Crippen LogP contribution in [0.3, 0.4) is 0 Å². The first-order chi connectivity index (χ1) is 10.7. The van der Waals surface area contributed by atoms with Gasteiger partial charge < -0.3 is 4.90 Å². The van der Waals surface area contributed by atoms with Gasteiger partial charge in [0, 0.05) is 41.5 Å². The molecule has 3 rings (SSSR count). The highest BCUT2D eigenvalue weighted by Gasteiger charge is 2.29. The summed E-state index contributed by atoms with van der Waals surface area (Å²) in [6, 6.07) is 5.04. The topological polar surface area (TPSA) is 63.5 Å². The molecule has 1 fully saturated rings. The fraction of sp³-hybridized carbons (Fsp3) is 0.533. The van der Waals surface area contributed by atoms with Crippen molar-refractivity contribution in [2.75, 3.05) is 28.7 Å². The van der Waals surface area contributed by atoms with Gasteiger partial charge in [-0.05, 0) is 18.9 Å². The summed E-state index contributed by atoms with van der Waals surface area (Å²) in [5.74, 6) is 3.38. The lowest BCUT2D eigenvalue weighted by Crippen LogP contribution is -2.37. The van der Waals surface area contributed by atoms with Crippen LogP contribution < -0.4 is 4.90 Å². The fourth-order valence-electron chi connectivity index (χ4n) is 3.00. The van der Waals surface area contributed by atoms with E-state index in [2.05, 4.69) is 0 Å². The Hall–Kier alpha value is -1.21. The molecule has 118 valence electrons. The van der Waals surface area contributed by atoms with Gasteiger partial charge in [-0.2, -0.15) is 23.5 Å². The molecule has 2 aliphatic heterocycles. The van der Waals surface area contributed by atoms with Gasteiger partial charge in [0.15, 0.2) is 0 Å². The predicted molar refractivity (Wildman–Crippen MR) is 92.0 cm³/mol. The van der Waals surface area contributed by atoms with E-state index in [-0.39, 0.29) is 16.5 Å². The molecular weight excluding hydrogens is 320 g/mol. The average molecular weight is 338 g/mol. The number of nitrogens with zero attached hydrogens (tertiary/aromatic N) is 2. The summed E-state index contributed by atoms with van der Waals surface area (Å²) in [4.78, 5) is 25.2. The Labute approximate surface area is 138 Å². The molecule has 1 aromatic carbocycles. The van der Waals surface area contributed by atoms with Crippen molar-refractivity contribution < 1.29 is 9.72 Å². The third-order valence-corrected chi connectivity index (χ3v) is 6.86. The number of hydrogen-bond acceptors (Lipinski definition) is 5. The van der Waals surface area contributed by atoms with Crippen LogP contribution in [0.1, 0.15) is 18.4 Å². The zero-order chi connectivity index (χ0) is 15.5. The number of anilines is 1. The number of nitro benzene ring substituents is 1. The smallest absolute Gasteiger partial charge is 0.274 e. The van der Waals surface area contributed by atoms with Crippen LogP contribution in [0.4, 0.5) is 11.4 Å². The first-order valence-corrected chi connectivity index (χ1v) is 9.63. The first-order valence-electron chi connectivity index (χ1n) is 7.43.